The fourth-order valence-corrected chi connectivity index (χ4v) is 3.10. The lowest BCUT2D eigenvalue weighted by molar-refractivity contribution is -0.275. The Labute approximate surface area is 163 Å². The second-order valence-electron chi connectivity index (χ2n) is 6.14. The highest BCUT2D eigenvalue weighted by Gasteiger charge is 2.33. The summed E-state index contributed by atoms with van der Waals surface area (Å²) >= 11 is 0. The van der Waals surface area contributed by atoms with E-state index in [0.717, 1.165) is 6.07 Å². The molecule has 0 spiro atoms. The van der Waals surface area contributed by atoms with Gasteiger partial charge in [-0.05, 0) is 18.2 Å². The van der Waals surface area contributed by atoms with E-state index in [-0.39, 0.29) is 30.4 Å². The Morgan fingerprint density at radius 1 is 1.31 bits per heavy atom. The molecule has 0 bridgehead atoms. The van der Waals surface area contributed by atoms with E-state index in [9.17, 15) is 22.4 Å². The van der Waals surface area contributed by atoms with Crippen LogP contribution in [0, 0.1) is 0 Å². The van der Waals surface area contributed by atoms with Crippen molar-refractivity contribution < 1.29 is 41.3 Å². The molecule has 0 saturated carbocycles. The summed E-state index contributed by atoms with van der Waals surface area (Å²) in [7, 11) is 2.40. The third kappa shape index (κ3) is 4.44. The largest absolute Gasteiger partial charge is 0.573 e. The van der Waals surface area contributed by atoms with Crippen LogP contribution in [0.2, 0.25) is 0 Å². The summed E-state index contributed by atoms with van der Waals surface area (Å²) in [5.74, 6) is -1.13. The van der Waals surface area contributed by atoms with Gasteiger partial charge < -0.3 is 23.5 Å². The molecule has 2 heterocycles. The van der Waals surface area contributed by atoms with Crippen molar-refractivity contribution in [3.05, 3.63) is 29.6 Å². The molecule has 1 aromatic heterocycles. The summed E-state index contributed by atoms with van der Waals surface area (Å²) in [6.45, 7) is -0.480. The van der Waals surface area contributed by atoms with Crippen LogP contribution in [-0.2, 0) is 22.4 Å². The predicted molar refractivity (Wildman–Crippen MR) is 91.7 cm³/mol. The second-order valence-corrected chi connectivity index (χ2v) is 6.14. The molecule has 1 aliphatic rings. The van der Waals surface area contributed by atoms with Crippen molar-refractivity contribution in [2.45, 2.75) is 25.4 Å². The fraction of sp³-hybridized carbons (Fsp3) is 0.444. The van der Waals surface area contributed by atoms with E-state index in [4.69, 9.17) is 14.2 Å². The summed E-state index contributed by atoms with van der Waals surface area (Å²) in [5, 5.41) is 0. The summed E-state index contributed by atoms with van der Waals surface area (Å²) in [6.07, 6.45) is -5.34. The van der Waals surface area contributed by atoms with Crippen molar-refractivity contribution in [3.63, 3.8) is 0 Å². The first kappa shape index (κ1) is 20.9. The van der Waals surface area contributed by atoms with E-state index in [0.29, 0.717) is 17.7 Å². The first-order valence-electron chi connectivity index (χ1n) is 8.56. The van der Waals surface area contributed by atoms with E-state index in [1.807, 2.05) is 0 Å². The van der Waals surface area contributed by atoms with Gasteiger partial charge in [0.05, 0.1) is 33.1 Å². The van der Waals surface area contributed by atoms with Crippen LogP contribution < -0.4 is 9.47 Å². The normalized spacial score (nSPS) is 16.7. The minimum Gasteiger partial charge on any atom is -0.493 e. The third-order valence-corrected chi connectivity index (χ3v) is 4.35. The lowest BCUT2D eigenvalue weighted by atomic mass is 10.2. The molecule has 158 valence electrons. The highest BCUT2D eigenvalue weighted by atomic mass is 19.4. The molecular formula is C18H18F4N2O5. The molecule has 2 aromatic rings. The Bertz CT molecular complexity index is 897. The van der Waals surface area contributed by atoms with Crippen LogP contribution >= 0.6 is 0 Å². The molecule has 0 fully saturated rings. The smallest absolute Gasteiger partial charge is 0.493 e. The van der Waals surface area contributed by atoms with Gasteiger partial charge in [0.1, 0.15) is 18.6 Å². The lowest BCUT2D eigenvalue weighted by Crippen LogP contribution is -2.21. The number of imidazole rings is 1. The maximum absolute atomic E-state index is 13.3. The van der Waals surface area contributed by atoms with E-state index < -0.39 is 30.9 Å². The van der Waals surface area contributed by atoms with Crippen molar-refractivity contribution in [3.8, 4) is 22.9 Å². The zero-order valence-electron chi connectivity index (χ0n) is 15.6. The lowest BCUT2D eigenvalue weighted by Gasteiger charge is -2.16. The molecule has 29 heavy (non-hydrogen) atoms. The maximum Gasteiger partial charge on any atom is 0.573 e. The molecule has 0 radical (unpaired) electrons. The second kappa shape index (κ2) is 8.27. The van der Waals surface area contributed by atoms with Crippen LogP contribution in [-0.4, -0.2) is 55.5 Å². The zero-order valence-corrected chi connectivity index (χ0v) is 15.6. The number of hydrogen-bond donors (Lipinski definition) is 0. The summed E-state index contributed by atoms with van der Waals surface area (Å²) in [6, 6.07) is 3.73. The zero-order chi connectivity index (χ0) is 21.2. The molecule has 11 heteroatoms. The van der Waals surface area contributed by atoms with Gasteiger partial charge in [-0.2, -0.15) is 0 Å². The highest BCUT2D eigenvalue weighted by Crippen LogP contribution is 2.36. The molecule has 1 aliphatic heterocycles. The number of carbonyl (C=O) groups is 1. The van der Waals surface area contributed by atoms with E-state index in [1.165, 1.54) is 26.4 Å². The Kier molecular flexibility index (Phi) is 5.96. The number of hydrogen-bond acceptors (Lipinski definition) is 6. The molecule has 1 unspecified atom stereocenters. The number of nitrogens with zero attached hydrogens (tertiary/aromatic N) is 2. The molecule has 0 amide bonds. The average Bonchev–Trinajstić information content (AvgIpc) is 2.90. The minimum absolute atomic E-state index is 0.0418. The van der Waals surface area contributed by atoms with Gasteiger partial charge in [0.25, 0.3) is 0 Å². The van der Waals surface area contributed by atoms with Gasteiger partial charge in [-0.1, -0.05) is 0 Å². The number of alkyl halides is 4. The van der Waals surface area contributed by atoms with Crippen LogP contribution in [0.1, 0.15) is 16.2 Å². The standard InChI is InChI=1S/C18H18F4N2O5/c1-26-14-7-10(3-4-13(14)29-18(20,21)22)16-23-15(17(25)27-2)12-5-6-28-11(8-19)9-24(12)16/h3-4,7,11H,5-6,8-9H2,1-2H3. The van der Waals surface area contributed by atoms with Gasteiger partial charge in [0.2, 0.25) is 0 Å². The van der Waals surface area contributed by atoms with E-state index in [2.05, 4.69) is 9.72 Å². The van der Waals surface area contributed by atoms with Crippen LogP contribution in [0.4, 0.5) is 17.6 Å². The topological polar surface area (TPSA) is 71.8 Å². The van der Waals surface area contributed by atoms with Crippen molar-refractivity contribution in [2.75, 3.05) is 27.5 Å². The van der Waals surface area contributed by atoms with Crippen LogP contribution in [0.25, 0.3) is 11.4 Å². The molecule has 7 nitrogen and oxygen atoms in total. The Balaban J connectivity index is 2.10. The summed E-state index contributed by atoms with van der Waals surface area (Å²) in [4.78, 5) is 16.5. The van der Waals surface area contributed by atoms with Crippen LogP contribution in [0.3, 0.4) is 0 Å². The average molecular weight is 418 g/mol. The van der Waals surface area contributed by atoms with Crippen molar-refractivity contribution in [1.82, 2.24) is 9.55 Å². The number of carbonyl (C=O) groups excluding carboxylic acids is 1. The summed E-state index contributed by atoms with van der Waals surface area (Å²) < 4.78 is 71.7. The molecule has 0 N–H and O–H groups in total. The maximum atomic E-state index is 13.3. The van der Waals surface area contributed by atoms with Gasteiger partial charge in [-0.15, -0.1) is 13.2 Å². The fourth-order valence-electron chi connectivity index (χ4n) is 3.10. The van der Waals surface area contributed by atoms with Crippen LogP contribution in [0.15, 0.2) is 18.2 Å². The van der Waals surface area contributed by atoms with Gasteiger partial charge in [0, 0.05) is 12.0 Å². The number of esters is 1. The number of ether oxygens (including phenoxy) is 4. The van der Waals surface area contributed by atoms with Crippen LogP contribution in [0.5, 0.6) is 11.5 Å². The number of aromatic nitrogens is 2. The van der Waals surface area contributed by atoms with E-state index in [1.54, 1.807) is 4.57 Å². The van der Waals surface area contributed by atoms with E-state index >= 15 is 0 Å². The molecule has 1 atom stereocenters. The Morgan fingerprint density at radius 2 is 2.07 bits per heavy atom. The Morgan fingerprint density at radius 3 is 2.69 bits per heavy atom. The summed E-state index contributed by atoms with van der Waals surface area (Å²) in [5.41, 5.74) is 0.893. The molecular weight excluding hydrogens is 400 g/mol. The monoisotopic (exact) mass is 418 g/mol. The van der Waals surface area contributed by atoms with Gasteiger partial charge >= 0.3 is 12.3 Å². The minimum atomic E-state index is -4.89. The third-order valence-electron chi connectivity index (χ3n) is 4.35. The number of benzene rings is 1. The number of methoxy groups -OCH3 is 2. The van der Waals surface area contributed by atoms with Crippen molar-refractivity contribution in [2.24, 2.45) is 0 Å². The number of rotatable bonds is 5. The van der Waals surface area contributed by atoms with Gasteiger partial charge in [-0.25, -0.2) is 14.2 Å². The first-order valence-corrected chi connectivity index (χ1v) is 8.56. The highest BCUT2D eigenvalue weighted by molar-refractivity contribution is 5.89. The SMILES string of the molecule is COC(=O)c1nc(-c2ccc(OC(F)(F)F)c(OC)c2)n2c1CCOC(CF)C2. The Hall–Kier alpha value is -2.82. The van der Waals surface area contributed by atoms with Gasteiger partial charge in [-0.3, -0.25) is 0 Å². The van der Waals surface area contributed by atoms with Crippen molar-refractivity contribution in [1.29, 1.82) is 0 Å². The molecule has 3 rings (SSSR count). The van der Waals surface area contributed by atoms with Gasteiger partial charge in [0.15, 0.2) is 17.2 Å². The number of fused-ring (bicyclic) bond motifs is 1. The number of halogens is 4. The molecule has 0 saturated heterocycles. The molecule has 1 aromatic carbocycles. The predicted octanol–water partition coefficient (Wildman–Crippen LogP) is 3.15. The molecule has 0 aliphatic carbocycles. The first-order chi connectivity index (χ1) is 13.8. The van der Waals surface area contributed by atoms with Crippen molar-refractivity contribution >= 4 is 5.97 Å². The quantitative estimate of drug-likeness (QED) is 0.549.